The number of rotatable bonds is 4. The van der Waals surface area contributed by atoms with Crippen LogP contribution in [0.15, 0.2) is 30.6 Å². The van der Waals surface area contributed by atoms with Crippen molar-refractivity contribution in [2.24, 2.45) is 11.8 Å². The summed E-state index contributed by atoms with van der Waals surface area (Å²) in [6.45, 7) is 5.99. The first kappa shape index (κ1) is 18.3. The van der Waals surface area contributed by atoms with Crippen LogP contribution in [0.25, 0.3) is 11.0 Å². The van der Waals surface area contributed by atoms with E-state index in [4.69, 9.17) is 4.74 Å². The lowest BCUT2D eigenvalue weighted by Gasteiger charge is -2.35. The molecule has 0 unspecified atom stereocenters. The summed E-state index contributed by atoms with van der Waals surface area (Å²) in [5.74, 6) is 0.232. The van der Waals surface area contributed by atoms with Crippen LogP contribution in [-0.2, 0) is 9.53 Å². The highest BCUT2D eigenvalue weighted by molar-refractivity contribution is 5.95. The number of amides is 1. The quantitative estimate of drug-likeness (QED) is 0.852. The molecule has 6 nitrogen and oxygen atoms in total. The number of hydrogen-bond acceptors (Lipinski definition) is 5. The van der Waals surface area contributed by atoms with Gasteiger partial charge in [0.25, 0.3) is 5.91 Å². The fourth-order valence-electron chi connectivity index (χ4n) is 3.46. The summed E-state index contributed by atoms with van der Waals surface area (Å²) in [5.41, 5.74) is 1.68. The highest BCUT2D eigenvalue weighted by Crippen LogP contribution is 2.29. The van der Waals surface area contributed by atoms with Gasteiger partial charge < -0.3 is 10.1 Å². The first-order valence-corrected chi connectivity index (χ1v) is 9.18. The third-order valence-corrected chi connectivity index (χ3v) is 5.39. The van der Waals surface area contributed by atoms with Crippen LogP contribution in [0.1, 0.15) is 50.4 Å². The molecule has 1 aromatic heterocycles. The second-order valence-electron chi connectivity index (χ2n) is 7.19. The Hall–Kier alpha value is -2.50. The van der Waals surface area contributed by atoms with Gasteiger partial charge in [0, 0.05) is 18.4 Å². The van der Waals surface area contributed by atoms with Crippen molar-refractivity contribution in [2.45, 2.75) is 52.2 Å². The SMILES string of the molecule is C[C@@H]1[C@H](C)CCC[C@H]1NC(=O)[C@@H](C)OC(=O)c1ccc2nccnc2c1. The van der Waals surface area contributed by atoms with E-state index >= 15 is 0 Å². The maximum absolute atomic E-state index is 12.4. The summed E-state index contributed by atoms with van der Waals surface area (Å²) in [4.78, 5) is 33.1. The Morgan fingerprint density at radius 1 is 1.15 bits per heavy atom. The molecule has 1 N–H and O–H groups in total. The number of ether oxygens (including phenoxy) is 1. The zero-order valence-electron chi connectivity index (χ0n) is 15.4. The van der Waals surface area contributed by atoms with E-state index in [1.165, 1.54) is 6.42 Å². The second kappa shape index (κ2) is 7.81. The number of aromatic nitrogens is 2. The maximum Gasteiger partial charge on any atom is 0.338 e. The van der Waals surface area contributed by atoms with E-state index < -0.39 is 12.1 Å². The van der Waals surface area contributed by atoms with Crippen LogP contribution in [0.5, 0.6) is 0 Å². The molecule has 4 atom stereocenters. The van der Waals surface area contributed by atoms with Crippen molar-refractivity contribution < 1.29 is 14.3 Å². The molecule has 1 fully saturated rings. The predicted molar refractivity (Wildman–Crippen MR) is 98.5 cm³/mol. The summed E-state index contributed by atoms with van der Waals surface area (Å²) in [6.07, 6.45) is 5.61. The smallest absolute Gasteiger partial charge is 0.338 e. The molecule has 0 spiro atoms. The minimum absolute atomic E-state index is 0.142. The minimum atomic E-state index is -0.843. The van der Waals surface area contributed by atoms with Gasteiger partial charge >= 0.3 is 5.97 Å². The van der Waals surface area contributed by atoms with Gasteiger partial charge in [0.05, 0.1) is 16.6 Å². The highest BCUT2D eigenvalue weighted by atomic mass is 16.5. The summed E-state index contributed by atoms with van der Waals surface area (Å²) < 4.78 is 5.35. The molecule has 26 heavy (non-hydrogen) atoms. The normalized spacial score (nSPS) is 24.0. The van der Waals surface area contributed by atoms with Gasteiger partial charge in [0.2, 0.25) is 0 Å². The number of fused-ring (bicyclic) bond motifs is 1. The van der Waals surface area contributed by atoms with Crippen LogP contribution in [0.4, 0.5) is 0 Å². The highest BCUT2D eigenvalue weighted by Gasteiger charge is 2.30. The first-order valence-electron chi connectivity index (χ1n) is 9.18. The van der Waals surface area contributed by atoms with Crippen LogP contribution in [-0.4, -0.2) is 34.0 Å². The Morgan fingerprint density at radius 2 is 1.88 bits per heavy atom. The number of hydrogen-bond donors (Lipinski definition) is 1. The Kier molecular flexibility index (Phi) is 5.49. The fourth-order valence-corrected chi connectivity index (χ4v) is 3.46. The predicted octanol–water partition coefficient (Wildman–Crippen LogP) is 3.12. The van der Waals surface area contributed by atoms with Crippen molar-refractivity contribution >= 4 is 22.9 Å². The summed E-state index contributed by atoms with van der Waals surface area (Å²) in [6, 6.07) is 5.12. The standard InChI is InChI=1S/C20H25N3O3/c1-12-5-4-6-16(13(12)2)23-19(24)14(3)26-20(25)15-7-8-17-18(11-15)22-10-9-21-17/h7-14,16H,4-6H2,1-3H3,(H,23,24)/t12-,13-,14-,16-/m1/s1. The Balaban J connectivity index is 1.61. The second-order valence-corrected chi connectivity index (χ2v) is 7.19. The van der Waals surface area contributed by atoms with Crippen molar-refractivity contribution in [2.75, 3.05) is 0 Å². The van der Waals surface area contributed by atoms with E-state index in [1.54, 1.807) is 37.5 Å². The zero-order valence-corrected chi connectivity index (χ0v) is 15.4. The molecule has 6 heteroatoms. The lowest BCUT2D eigenvalue weighted by molar-refractivity contribution is -0.130. The number of carbonyl (C=O) groups is 2. The molecule has 1 aliphatic carbocycles. The largest absolute Gasteiger partial charge is 0.449 e. The van der Waals surface area contributed by atoms with E-state index in [0.29, 0.717) is 28.4 Å². The molecule has 2 aromatic rings. The molecule has 0 bridgehead atoms. The van der Waals surface area contributed by atoms with Gasteiger partial charge in [-0.2, -0.15) is 0 Å². The van der Waals surface area contributed by atoms with E-state index in [-0.39, 0.29) is 11.9 Å². The molecule has 3 rings (SSSR count). The lowest BCUT2D eigenvalue weighted by atomic mass is 9.78. The molecular formula is C20H25N3O3. The van der Waals surface area contributed by atoms with Crippen molar-refractivity contribution in [1.29, 1.82) is 0 Å². The minimum Gasteiger partial charge on any atom is -0.449 e. The maximum atomic E-state index is 12.4. The van der Waals surface area contributed by atoms with Gasteiger partial charge in [0.15, 0.2) is 6.10 Å². The molecule has 0 saturated heterocycles. The van der Waals surface area contributed by atoms with Crippen molar-refractivity contribution in [3.8, 4) is 0 Å². The number of benzene rings is 1. The monoisotopic (exact) mass is 355 g/mol. The molecule has 138 valence electrons. The molecular weight excluding hydrogens is 330 g/mol. The van der Waals surface area contributed by atoms with Crippen LogP contribution in [0.3, 0.4) is 0 Å². The molecule has 1 saturated carbocycles. The van der Waals surface area contributed by atoms with Crippen molar-refractivity contribution in [3.05, 3.63) is 36.2 Å². The Morgan fingerprint density at radius 3 is 2.65 bits per heavy atom. The summed E-state index contributed by atoms with van der Waals surface area (Å²) in [5, 5.41) is 3.05. The van der Waals surface area contributed by atoms with E-state index in [9.17, 15) is 9.59 Å². The van der Waals surface area contributed by atoms with Gasteiger partial charge in [-0.1, -0.05) is 26.7 Å². The van der Waals surface area contributed by atoms with E-state index in [1.807, 2.05) is 0 Å². The molecule has 1 aromatic carbocycles. The third-order valence-electron chi connectivity index (χ3n) is 5.39. The topological polar surface area (TPSA) is 81.2 Å². The molecule has 1 heterocycles. The summed E-state index contributed by atoms with van der Waals surface area (Å²) >= 11 is 0. The van der Waals surface area contributed by atoms with Gasteiger partial charge in [-0.25, -0.2) is 4.79 Å². The average molecular weight is 355 g/mol. The average Bonchev–Trinajstić information content (AvgIpc) is 2.64. The van der Waals surface area contributed by atoms with Crippen LogP contribution < -0.4 is 5.32 Å². The molecule has 0 aliphatic heterocycles. The number of esters is 1. The van der Waals surface area contributed by atoms with E-state index in [0.717, 1.165) is 12.8 Å². The number of nitrogens with zero attached hydrogens (tertiary/aromatic N) is 2. The molecule has 1 amide bonds. The van der Waals surface area contributed by atoms with Crippen LogP contribution in [0.2, 0.25) is 0 Å². The van der Waals surface area contributed by atoms with Gasteiger partial charge in [-0.3, -0.25) is 14.8 Å². The molecule has 0 radical (unpaired) electrons. The van der Waals surface area contributed by atoms with Crippen LogP contribution in [0, 0.1) is 11.8 Å². The van der Waals surface area contributed by atoms with Gasteiger partial charge in [-0.05, 0) is 43.4 Å². The van der Waals surface area contributed by atoms with Gasteiger partial charge in [-0.15, -0.1) is 0 Å². The Bertz CT molecular complexity index is 808. The van der Waals surface area contributed by atoms with Crippen molar-refractivity contribution in [3.63, 3.8) is 0 Å². The van der Waals surface area contributed by atoms with Crippen LogP contribution >= 0.6 is 0 Å². The Labute approximate surface area is 153 Å². The molecule has 1 aliphatic rings. The zero-order chi connectivity index (χ0) is 18.7. The number of carbonyl (C=O) groups excluding carboxylic acids is 2. The first-order chi connectivity index (χ1) is 12.5. The summed E-state index contributed by atoms with van der Waals surface area (Å²) in [7, 11) is 0. The van der Waals surface area contributed by atoms with Gasteiger partial charge in [0.1, 0.15) is 0 Å². The lowest BCUT2D eigenvalue weighted by Crippen LogP contribution is -2.47. The fraction of sp³-hybridized carbons (Fsp3) is 0.500. The van der Waals surface area contributed by atoms with E-state index in [2.05, 4.69) is 29.1 Å². The van der Waals surface area contributed by atoms with Crippen molar-refractivity contribution in [1.82, 2.24) is 15.3 Å². The number of nitrogens with one attached hydrogen (secondary N) is 1. The third kappa shape index (κ3) is 4.00.